The highest BCUT2D eigenvalue weighted by Crippen LogP contribution is 2.18. The number of pyridine rings is 1. The predicted octanol–water partition coefficient (Wildman–Crippen LogP) is 1.77. The Hall–Kier alpha value is -2.63. The molecule has 0 saturated carbocycles. The van der Waals surface area contributed by atoms with E-state index in [1.807, 2.05) is 6.07 Å². The van der Waals surface area contributed by atoms with Crippen LogP contribution in [0.2, 0.25) is 0 Å². The van der Waals surface area contributed by atoms with Crippen molar-refractivity contribution < 1.29 is 9.18 Å². The van der Waals surface area contributed by atoms with Crippen LogP contribution in [0.4, 0.5) is 15.9 Å². The van der Waals surface area contributed by atoms with Gasteiger partial charge in [0.15, 0.2) is 0 Å². The van der Waals surface area contributed by atoms with Crippen LogP contribution in [0, 0.1) is 5.82 Å². The third-order valence-corrected chi connectivity index (χ3v) is 3.81. The van der Waals surface area contributed by atoms with Crippen LogP contribution in [-0.2, 0) is 0 Å². The van der Waals surface area contributed by atoms with E-state index in [0.29, 0.717) is 32.0 Å². The molecule has 22 heavy (non-hydrogen) atoms. The molecule has 1 fully saturated rings. The smallest absolute Gasteiger partial charge is 0.256 e. The van der Waals surface area contributed by atoms with Gasteiger partial charge in [-0.3, -0.25) is 4.79 Å². The summed E-state index contributed by atoms with van der Waals surface area (Å²) >= 11 is 0. The Bertz CT molecular complexity index is 666. The summed E-state index contributed by atoms with van der Waals surface area (Å²) in [6.07, 6.45) is 1.73. The Morgan fingerprint density at radius 1 is 1.09 bits per heavy atom. The first kappa shape index (κ1) is 14.3. The molecule has 0 atom stereocenters. The molecule has 1 aromatic heterocycles. The van der Waals surface area contributed by atoms with Crippen molar-refractivity contribution in [2.75, 3.05) is 36.8 Å². The molecule has 0 bridgehead atoms. The maximum Gasteiger partial charge on any atom is 0.256 e. The Kier molecular flexibility index (Phi) is 3.91. The molecule has 0 unspecified atom stereocenters. The number of nitrogen functional groups attached to an aromatic ring is 1. The number of halogens is 1. The van der Waals surface area contributed by atoms with Gasteiger partial charge in [0.1, 0.15) is 11.6 Å². The molecule has 0 aliphatic carbocycles. The highest BCUT2D eigenvalue weighted by Gasteiger charge is 2.24. The number of anilines is 2. The Morgan fingerprint density at radius 3 is 2.45 bits per heavy atom. The molecule has 1 aliphatic rings. The van der Waals surface area contributed by atoms with Crippen molar-refractivity contribution in [3.05, 3.63) is 54.0 Å². The number of aromatic nitrogens is 1. The predicted molar refractivity (Wildman–Crippen MR) is 83.2 cm³/mol. The number of hydrogen-bond donors (Lipinski definition) is 1. The molecule has 1 amide bonds. The van der Waals surface area contributed by atoms with Crippen LogP contribution in [0.5, 0.6) is 0 Å². The lowest BCUT2D eigenvalue weighted by molar-refractivity contribution is 0.0742. The summed E-state index contributed by atoms with van der Waals surface area (Å²) in [4.78, 5) is 20.2. The number of nitrogens with zero attached hydrogens (tertiary/aromatic N) is 3. The van der Waals surface area contributed by atoms with Gasteiger partial charge >= 0.3 is 0 Å². The average molecular weight is 300 g/mol. The van der Waals surface area contributed by atoms with Crippen LogP contribution in [0.15, 0.2) is 42.6 Å². The number of rotatable bonds is 2. The molecule has 0 radical (unpaired) electrons. The second-order valence-corrected chi connectivity index (χ2v) is 5.20. The van der Waals surface area contributed by atoms with Crippen molar-refractivity contribution in [1.82, 2.24) is 9.88 Å². The van der Waals surface area contributed by atoms with Crippen LogP contribution < -0.4 is 10.6 Å². The first-order valence-corrected chi connectivity index (χ1v) is 7.15. The van der Waals surface area contributed by atoms with Gasteiger partial charge in [0.2, 0.25) is 0 Å². The lowest BCUT2D eigenvalue weighted by Crippen LogP contribution is -2.49. The van der Waals surface area contributed by atoms with Gasteiger partial charge in [0, 0.05) is 26.2 Å². The summed E-state index contributed by atoms with van der Waals surface area (Å²) in [7, 11) is 0. The summed E-state index contributed by atoms with van der Waals surface area (Å²) in [5, 5.41) is 0. The fourth-order valence-electron chi connectivity index (χ4n) is 2.56. The van der Waals surface area contributed by atoms with E-state index in [4.69, 9.17) is 5.73 Å². The van der Waals surface area contributed by atoms with Gasteiger partial charge in [-0.05, 0) is 24.3 Å². The van der Waals surface area contributed by atoms with Crippen molar-refractivity contribution in [3.63, 3.8) is 0 Å². The third-order valence-electron chi connectivity index (χ3n) is 3.81. The van der Waals surface area contributed by atoms with E-state index in [1.54, 1.807) is 29.3 Å². The fourth-order valence-corrected chi connectivity index (χ4v) is 2.56. The minimum Gasteiger partial charge on any atom is -0.384 e. The van der Waals surface area contributed by atoms with Gasteiger partial charge in [-0.25, -0.2) is 9.37 Å². The topological polar surface area (TPSA) is 62.5 Å². The summed E-state index contributed by atoms with van der Waals surface area (Å²) in [5.74, 6) is -0.247. The number of carbonyl (C=O) groups excluding carboxylic acids is 1. The summed E-state index contributed by atoms with van der Waals surface area (Å²) in [6, 6.07) is 9.76. The van der Waals surface area contributed by atoms with Crippen LogP contribution in [0.3, 0.4) is 0 Å². The van der Waals surface area contributed by atoms with Crippen molar-refractivity contribution >= 4 is 17.4 Å². The molecule has 2 N–H and O–H groups in total. The number of amides is 1. The van der Waals surface area contributed by atoms with Gasteiger partial charge in [0.25, 0.3) is 5.91 Å². The molecular formula is C16H17FN4O. The molecule has 1 aliphatic heterocycles. The van der Waals surface area contributed by atoms with Crippen molar-refractivity contribution in [1.29, 1.82) is 0 Å². The number of nitrogens with two attached hydrogens (primary N) is 1. The molecule has 3 rings (SSSR count). The highest BCUT2D eigenvalue weighted by molar-refractivity contribution is 5.94. The molecule has 0 spiro atoms. The Morgan fingerprint density at radius 2 is 1.82 bits per heavy atom. The lowest BCUT2D eigenvalue weighted by atomic mass is 10.1. The molecule has 114 valence electrons. The van der Waals surface area contributed by atoms with E-state index in [-0.39, 0.29) is 11.5 Å². The molecule has 2 heterocycles. The summed E-state index contributed by atoms with van der Waals surface area (Å²) < 4.78 is 13.7. The molecule has 2 aromatic rings. The van der Waals surface area contributed by atoms with E-state index in [1.165, 1.54) is 12.1 Å². The Labute approximate surface area is 128 Å². The molecule has 1 aromatic carbocycles. The van der Waals surface area contributed by atoms with E-state index < -0.39 is 5.82 Å². The number of piperazine rings is 1. The summed E-state index contributed by atoms with van der Waals surface area (Å²) in [6.45, 7) is 2.48. The second kappa shape index (κ2) is 6.01. The first-order chi connectivity index (χ1) is 10.6. The number of benzene rings is 1. The van der Waals surface area contributed by atoms with Crippen LogP contribution in [-0.4, -0.2) is 42.0 Å². The number of carbonyl (C=O) groups is 1. The second-order valence-electron chi connectivity index (χ2n) is 5.20. The zero-order valence-corrected chi connectivity index (χ0v) is 12.1. The SMILES string of the molecule is Nc1ccc(N2CCN(C(=O)c3ccccc3F)CC2)cn1. The number of hydrogen-bond acceptors (Lipinski definition) is 4. The van der Waals surface area contributed by atoms with Crippen LogP contribution in [0.25, 0.3) is 0 Å². The van der Waals surface area contributed by atoms with Gasteiger partial charge in [-0.1, -0.05) is 12.1 Å². The van der Waals surface area contributed by atoms with E-state index in [0.717, 1.165) is 5.69 Å². The van der Waals surface area contributed by atoms with Crippen molar-refractivity contribution in [3.8, 4) is 0 Å². The molecule has 5 nitrogen and oxygen atoms in total. The zero-order chi connectivity index (χ0) is 15.5. The van der Waals surface area contributed by atoms with Gasteiger partial charge in [-0.2, -0.15) is 0 Å². The van der Waals surface area contributed by atoms with Crippen molar-refractivity contribution in [2.24, 2.45) is 0 Å². The Balaban J connectivity index is 1.65. The standard InChI is InChI=1S/C16H17FN4O/c17-14-4-2-1-3-13(14)16(22)21-9-7-20(8-10-21)12-5-6-15(18)19-11-12/h1-6,11H,7-10H2,(H2,18,19). The molecule has 1 saturated heterocycles. The first-order valence-electron chi connectivity index (χ1n) is 7.15. The van der Waals surface area contributed by atoms with E-state index >= 15 is 0 Å². The normalized spacial score (nSPS) is 15.0. The molecular weight excluding hydrogens is 283 g/mol. The highest BCUT2D eigenvalue weighted by atomic mass is 19.1. The fraction of sp³-hybridized carbons (Fsp3) is 0.250. The van der Waals surface area contributed by atoms with Crippen molar-refractivity contribution in [2.45, 2.75) is 0 Å². The van der Waals surface area contributed by atoms with Crippen LogP contribution >= 0.6 is 0 Å². The van der Waals surface area contributed by atoms with E-state index in [9.17, 15) is 9.18 Å². The minimum absolute atomic E-state index is 0.130. The van der Waals surface area contributed by atoms with E-state index in [2.05, 4.69) is 9.88 Å². The van der Waals surface area contributed by atoms with Gasteiger partial charge in [-0.15, -0.1) is 0 Å². The minimum atomic E-state index is -0.474. The van der Waals surface area contributed by atoms with Gasteiger partial charge < -0.3 is 15.5 Å². The maximum atomic E-state index is 13.7. The van der Waals surface area contributed by atoms with Gasteiger partial charge in [0.05, 0.1) is 17.4 Å². The zero-order valence-electron chi connectivity index (χ0n) is 12.1. The monoisotopic (exact) mass is 300 g/mol. The average Bonchev–Trinajstić information content (AvgIpc) is 2.56. The maximum absolute atomic E-state index is 13.7. The lowest BCUT2D eigenvalue weighted by Gasteiger charge is -2.36. The molecule has 6 heteroatoms. The van der Waals surface area contributed by atoms with Crippen LogP contribution in [0.1, 0.15) is 10.4 Å². The third kappa shape index (κ3) is 2.86. The largest absolute Gasteiger partial charge is 0.384 e. The quantitative estimate of drug-likeness (QED) is 0.918. The summed E-state index contributed by atoms with van der Waals surface area (Å²) in [5.41, 5.74) is 6.69.